The molecule has 0 fully saturated rings. The Kier molecular flexibility index (Phi) is 7.95. The Morgan fingerprint density at radius 2 is 2.00 bits per heavy atom. The van der Waals surface area contributed by atoms with Crippen LogP contribution in [0.2, 0.25) is 0 Å². The van der Waals surface area contributed by atoms with Gasteiger partial charge in [-0.2, -0.15) is 0 Å². The number of nitrogens with zero attached hydrogens (tertiary/aromatic N) is 1. The van der Waals surface area contributed by atoms with Gasteiger partial charge in [-0.1, -0.05) is 20.8 Å². The molecular formula is C11H21NO4S. The van der Waals surface area contributed by atoms with E-state index in [1.165, 1.54) is 11.8 Å². The van der Waals surface area contributed by atoms with E-state index >= 15 is 0 Å². The first-order chi connectivity index (χ1) is 7.93. The van der Waals surface area contributed by atoms with Crippen LogP contribution in [0.4, 0.5) is 0 Å². The minimum atomic E-state index is -0.602. The van der Waals surface area contributed by atoms with Crippen LogP contribution in [0.5, 0.6) is 0 Å². The Hall–Kier alpha value is -0.780. The molecule has 0 heterocycles. The third-order valence-corrected chi connectivity index (χ3v) is 4.07. The van der Waals surface area contributed by atoms with Crippen LogP contribution in [0.15, 0.2) is 0 Å². The summed E-state index contributed by atoms with van der Waals surface area (Å²) in [5.41, 5.74) is 0. The molecule has 2 unspecified atom stereocenters. The minimum absolute atomic E-state index is 0.153. The largest absolute Gasteiger partial charge is 0.465 e. The van der Waals surface area contributed by atoms with Gasteiger partial charge in [-0.3, -0.25) is 14.9 Å². The van der Waals surface area contributed by atoms with Gasteiger partial charge >= 0.3 is 5.97 Å². The maximum absolute atomic E-state index is 11.2. The first-order valence-corrected chi connectivity index (χ1v) is 6.89. The third kappa shape index (κ3) is 5.91. The standard InChI is InChI=1S/C11H21NO4S/c1-5-9(12(14)15)11(8(3)4)17-7-10(13)16-6-2/h8-9,11H,5-7H2,1-4H3. The number of nitro groups is 1. The summed E-state index contributed by atoms with van der Waals surface area (Å²) < 4.78 is 4.82. The lowest BCUT2D eigenvalue weighted by Gasteiger charge is -2.22. The van der Waals surface area contributed by atoms with Crippen LogP contribution in [0.25, 0.3) is 0 Å². The first-order valence-electron chi connectivity index (χ1n) is 5.84. The Bertz CT molecular complexity index is 258. The molecule has 5 nitrogen and oxygen atoms in total. The molecule has 6 heteroatoms. The molecule has 0 saturated heterocycles. The maximum atomic E-state index is 11.2. The van der Waals surface area contributed by atoms with Crippen LogP contribution in [0.1, 0.15) is 34.1 Å². The second kappa shape index (κ2) is 8.33. The number of thioether (sulfide) groups is 1. The van der Waals surface area contributed by atoms with E-state index in [1.54, 1.807) is 13.8 Å². The van der Waals surface area contributed by atoms with Gasteiger partial charge in [-0.25, -0.2) is 0 Å². The molecular weight excluding hydrogens is 242 g/mol. The fourth-order valence-electron chi connectivity index (χ4n) is 1.62. The van der Waals surface area contributed by atoms with Crippen molar-refractivity contribution in [1.29, 1.82) is 0 Å². The average Bonchev–Trinajstić information content (AvgIpc) is 2.23. The van der Waals surface area contributed by atoms with Crippen molar-refractivity contribution in [3.63, 3.8) is 0 Å². The molecule has 0 aliphatic rings. The highest BCUT2D eigenvalue weighted by Crippen LogP contribution is 2.26. The summed E-state index contributed by atoms with van der Waals surface area (Å²) in [5.74, 6) is 0.0345. The fraction of sp³-hybridized carbons (Fsp3) is 0.909. The number of hydrogen-bond donors (Lipinski definition) is 0. The fourth-order valence-corrected chi connectivity index (χ4v) is 2.93. The molecule has 0 aliphatic carbocycles. The van der Waals surface area contributed by atoms with E-state index in [0.717, 1.165) is 0 Å². The summed E-state index contributed by atoms with van der Waals surface area (Å²) in [6.45, 7) is 7.77. The minimum Gasteiger partial charge on any atom is -0.465 e. The number of rotatable bonds is 8. The van der Waals surface area contributed by atoms with E-state index in [2.05, 4.69) is 0 Å². The first kappa shape index (κ1) is 16.2. The number of hydrogen-bond acceptors (Lipinski definition) is 5. The van der Waals surface area contributed by atoms with Crippen molar-refractivity contribution < 1.29 is 14.5 Å². The number of carbonyl (C=O) groups is 1. The Morgan fingerprint density at radius 1 is 1.41 bits per heavy atom. The topological polar surface area (TPSA) is 69.4 Å². The molecule has 2 atom stereocenters. The van der Waals surface area contributed by atoms with E-state index in [-0.39, 0.29) is 27.8 Å². The van der Waals surface area contributed by atoms with Gasteiger partial charge in [0, 0.05) is 11.3 Å². The van der Waals surface area contributed by atoms with E-state index in [9.17, 15) is 14.9 Å². The lowest BCUT2D eigenvalue weighted by atomic mass is 10.0. The molecule has 0 rings (SSSR count). The average molecular weight is 263 g/mol. The van der Waals surface area contributed by atoms with E-state index in [1.807, 2.05) is 13.8 Å². The van der Waals surface area contributed by atoms with Crippen molar-refractivity contribution in [3.05, 3.63) is 10.1 Å². The zero-order chi connectivity index (χ0) is 13.4. The zero-order valence-electron chi connectivity index (χ0n) is 10.8. The van der Waals surface area contributed by atoms with E-state index in [0.29, 0.717) is 13.0 Å². The van der Waals surface area contributed by atoms with Gasteiger partial charge in [-0.05, 0) is 12.8 Å². The van der Waals surface area contributed by atoms with Gasteiger partial charge < -0.3 is 4.74 Å². The molecule has 0 bridgehead atoms. The molecule has 0 spiro atoms. The van der Waals surface area contributed by atoms with Crippen molar-refractivity contribution in [1.82, 2.24) is 0 Å². The summed E-state index contributed by atoms with van der Waals surface area (Å²) in [4.78, 5) is 21.9. The normalized spacial score (nSPS) is 14.4. The van der Waals surface area contributed by atoms with Gasteiger partial charge in [0.15, 0.2) is 0 Å². The number of ether oxygens (including phenoxy) is 1. The number of esters is 1. The van der Waals surface area contributed by atoms with Crippen molar-refractivity contribution in [2.24, 2.45) is 5.92 Å². The Morgan fingerprint density at radius 3 is 2.35 bits per heavy atom. The predicted octanol–water partition coefficient (Wildman–Crippen LogP) is 2.36. The highest BCUT2D eigenvalue weighted by atomic mass is 32.2. The lowest BCUT2D eigenvalue weighted by molar-refractivity contribution is -0.523. The van der Waals surface area contributed by atoms with Gasteiger partial charge in [0.05, 0.1) is 17.6 Å². The van der Waals surface area contributed by atoms with Crippen LogP contribution >= 0.6 is 11.8 Å². The lowest BCUT2D eigenvalue weighted by Crippen LogP contribution is -2.35. The van der Waals surface area contributed by atoms with Crippen LogP contribution in [-0.4, -0.2) is 34.5 Å². The quantitative estimate of drug-likeness (QED) is 0.382. The van der Waals surface area contributed by atoms with Crippen LogP contribution < -0.4 is 0 Å². The van der Waals surface area contributed by atoms with Gasteiger partial charge in [0.25, 0.3) is 0 Å². The predicted molar refractivity (Wildman–Crippen MR) is 68.8 cm³/mol. The van der Waals surface area contributed by atoms with Gasteiger partial charge in [-0.15, -0.1) is 11.8 Å². The second-order valence-corrected chi connectivity index (χ2v) is 5.25. The molecule has 0 aromatic carbocycles. The monoisotopic (exact) mass is 263 g/mol. The van der Waals surface area contributed by atoms with Crippen LogP contribution in [0, 0.1) is 16.0 Å². The maximum Gasteiger partial charge on any atom is 0.315 e. The summed E-state index contributed by atoms with van der Waals surface area (Å²) in [6, 6.07) is -0.602. The molecule has 0 radical (unpaired) electrons. The van der Waals surface area contributed by atoms with Crippen molar-refractivity contribution in [2.75, 3.05) is 12.4 Å². The molecule has 0 amide bonds. The smallest absolute Gasteiger partial charge is 0.315 e. The summed E-state index contributed by atoms with van der Waals surface area (Å²) in [7, 11) is 0. The zero-order valence-corrected chi connectivity index (χ0v) is 11.7. The summed E-state index contributed by atoms with van der Waals surface area (Å²) in [5, 5.41) is 10.8. The van der Waals surface area contributed by atoms with Crippen molar-refractivity contribution in [2.45, 2.75) is 45.4 Å². The van der Waals surface area contributed by atoms with E-state index in [4.69, 9.17) is 4.74 Å². The highest BCUT2D eigenvalue weighted by Gasteiger charge is 2.33. The molecule has 100 valence electrons. The molecule has 17 heavy (non-hydrogen) atoms. The summed E-state index contributed by atoms with van der Waals surface area (Å²) >= 11 is 1.32. The Labute approximate surface area is 106 Å². The van der Waals surface area contributed by atoms with Gasteiger partial charge in [0.2, 0.25) is 6.04 Å². The van der Waals surface area contributed by atoms with Crippen molar-refractivity contribution in [3.8, 4) is 0 Å². The molecule has 0 aromatic rings. The molecule has 0 aliphatic heterocycles. The van der Waals surface area contributed by atoms with Crippen molar-refractivity contribution >= 4 is 17.7 Å². The van der Waals surface area contributed by atoms with Crippen LogP contribution in [0.3, 0.4) is 0 Å². The number of carbonyl (C=O) groups excluding carboxylic acids is 1. The SMILES string of the molecule is CCOC(=O)CSC(C(C)C)C(CC)[N+](=O)[O-]. The van der Waals surface area contributed by atoms with Crippen LogP contribution in [-0.2, 0) is 9.53 Å². The van der Waals surface area contributed by atoms with Gasteiger partial charge in [0.1, 0.15) is 0 Å². The molecule has 0 aromatic heterocycles. The third-order valence-electron chi connectivity index (χ3n) is 2.42. The van der Waals surface area contributed by atoms with E-state index < -0.39 is 6.04 Å². The molecule has 0 saturated carbocycles. The second-order valence-electron chi connectivity index (χ2n) is 4.09. The Balaban J connectivity index is 4.43. The molecule has 0 N–H and O–H groups in total. The summed E-state index contributed by atoms with van der Waals surface area (Å²) in [6.07, 6.45) is 0.478. The highest BCUT2D eigenvalue weighted by molar-refractivity contribution is 8.00.